The molecule has 176 valence electrons. The lowest BCUT2D eigenvalue weighted by Gasteiger charge is -2.30. The van der Waals surface area contributed by atoms with Gasteiger partial charge in [0.15, 0.2) is 17.5 Å². The molecule has 3 rings (SSSR count). The summed E-state index contributed by atoms with van der Waals surface area (Å²) in [5.41, 5.74) is 3.72. The molecule has 0 bridgehead atoms. The largest absolute Gasteiger partial charge is 0.493 e. The average Bonchev–Trinajstić information content (AvgIpc) is 2.81. The Morgan fingerprint density at radius 2 is 1.47 bits per heavy atom. The van der Waals surface area contributed by atoms with Crippen LogP contribution in [0.25, 0.3) is 0 Å². The van der Waals surface area contributed by atoms with Gasteiger partial charge in [-0.05, 0) is 60.7 Å². The third-order valence-electron chi connectivity index (χ3n) is 5.90. The summed E-state index contributed by atoms with van der Waals surface area (Å²) < 4.78 is 10.7. The van der Waals surface area contributed by atoms with Crippen molar-refractivity contribution in [1.82, 2.24) is 15.5 Å². The zero-order chi connectivity index (χ0) is 22.1. The van der Waals surface area contributed by atoms with Crippen molar-refractivity contribution in [2.45, 2.75) is 39.4 Å². The van der Waals surface area contributed by atoms with Gasteiger partial charge in [0, 0.05) is 26.7 Å². The molecule has 2 N–H and O–H groups in total. The van der Waals surface area contributed by atoms with E-state index in [2.05, 4.69) is 51.7 Å². The van der Waals surface area contributed by atoms with E-state index in [9.17, 15) is 0 Å². The number of hydrogen-bond donors (Lipinski definition) is 2. The zero-order valence-electron chi connectivity index (χ0n) is 19.7. The Bertz CT molecular complexity index is 850. The molecule has 7 heteroatoms. The van der Waals surface area contributed by atoms with Crippen molar-refractivity contribution in [1.29, 1.82) is 0 Å². The molecular formula is C25H37IN4O2. The van der Waals surface area contributed by atoms with Crippen LogP contribution < -0.4 is 20.1 Å². The number of piperidine rings is 1. The Morgan fingerprint density at radius 3 is 2.06 bits per heavy atom. The zero-order valence-corrected chi connectivity index (χ0v) is 22.0. The van der Waals surface area contributed by atoms with Crippen LogP contribution >= 0.6 is 24.0 Å². The Labute approximate surface area is 209 Å². The number of aliphatic imine (C=N–C) groups is 1. The van der Waals surface area contributed by atoms with Gasteiger partial charge in [0.05, 0.1) is 14.2 Å². The van der Waals surface area contributed by atoms with Gasteiger partial charge in [0.1, 0.15) is 0 Å². The van der Waals surface area contributed by atoms with Crippen LogP contribution in [0.4, 0.5) is 0 Å². The minimum atomic E-state index is 0. The molecule has 1 fully saturated rings. The molecule has 1 heterocycles. The lowest BCUT2D eigenvalue weighted by atomic mass is 9.99. The normalized spacial score (nSPS) is 15.1. The molecule has 2 aromatic carbocycles. The molecule has 32 heavy (non-hydrogen) atoms. The first-order valence-electron chi connectivity index (χ1n) is 11.1. The molecule has 0 saturated carbocycles. The van der Waals surface area contributed by atoms with E-state index in [1.165, 1.54) is 37.1 Å². The number of nitrogens with zero attached hydrogens (tertiary/aromatic N) is 2. The topological polar surface area (TPSA) is 58.1 Å². The third kappa shape index (κ3) is 7.85. The summed E-state index contributed by atoms with van der Waals surface area (Å²) in [5.74, 6) is 3.09. The van der Waals surface area contributed by atoms with Crippen LogP contribution in [-0.4, -0.2) is 45.2 Å². The number of guanidine groups is 1. The number of halogens is 1. The second-order valence-electron chi connectivity index (χ2n) is 8.24. The van der Waals surface area contributed by atoms with Crippen LogP contribution in [0, 0.1) is 5.92 Å². The number of benzene rings is 2. The predicted octanol–water partition coefficient (Wildman–Crippen LogP) is 4.42. The highest BCUT2D eigenvalue weighted by atomic mass is 127. The van der Waals surface area contributed by atoms with Crippen LogP contribution in [0.5, 0.6) is 11.5 Å². The van der Waals surface area contributed by atoms with Crippen LogP contribution in [0.15, 0.2) is 47.5 Å². The summed E-state index contributed by atoms with van der Waals surface area (Å²) in [6.45, 7) is 7.21. The minimum absolute atomic E-state index is 0. The number of likely N-dealkylation sites (tertiary alicyclic amines) is 1. The number of ether oxygens (including phenoxy) is 2. The maximum absolute atomic E-state index is 5.38. The number of hydrogen-bond acceptors (Lipinski definition) is 4. The van der Waals surface area contributed by atoms with Crippen molar-refractivity contribution in [3.63, 3.8) is 0 Å². The van der Waals surface area contributed by atoms with E-state index >= 15 is 0 Å². The van der Waals surface area contributed by atoms with Crippen LogP contribution in [0.1, 0.15) is 36.5 Å². The third-order valence-corrected chi connectivity index (χ3v) is 5.90. The number of rotatable bonds is 8. The van der Waals surface area contributed by atoms with Gasteiger partial charge in [-0.1, -0.05) is 37.3 Å². The second kappa shape index (κ2) is 13.5. The van der Waals surface area contributed by atoms with E-state index < -0.39 is 0 Å². The van der Waals surface area contributed by atoms with Gasteiger partial charge in [-0.15, -0.1) is 24.0 Å². The molecular weight excluding hydrogens is 515 g/mol. The molecule has 0 unspecified atom stereocenters. The first-order chi connectivity index (χ1) is 15.1. The summed E-state index contributed by atoms with van der Waals surface area (Å²) in [6, 6.07) is 14.8. The number of nitrogens with one attached hydrogen (secondary N) is 2. The maximum atomic E-state index is 5.38. The van der Waals surface area contributed by atoms with Gasteiger partial charge in [0.2, 0.25) is 0 Å². The summed E-state index contributed by atoms with van der Waals surface area (Å²) in [7, 11) is 5.07. The minimum Gasteiger partial charge on any atom is -0.493 e. The summed E-state index contributed by atoms with van der Waals surface area (Å²) in [6.07, 6.45) is 2.63. The SMILES string of the molecule is CN=C(NCc1ccc(CN2CCC(C)CC2)cc1)NCc1ccc(OC)c(OC)c1.I. The van der Waals surface area contributed by atoms with Gasteiger partial charge in [-0.3, -0.25) is 9.89 Å². The van der Waals surface area contributed by atoms with E-state index in [4.69, 9.17) is 9.47 Å². The van der Waals surface area contributed by atoms with E-state index in [1.54, 1.807) is 21.3 Å². The van der Waals surface area contributed by atoms with Gasteiger partial charge < -0.3 is 20.1 Å². The lowest BCUT2D eigenvalue weighted by Crippen LogP contribution is -2.36. The van der Waals surface area contributed by atoms with E-state index in [0.717, 1.165) is 42.0 Å². The molecule has 1 aliphatic rings. The van der Waals surface area contributed by atoms with Crippen molar-refractivity contribution in [3.05, 3.63) is 59.2 Å². The highest BCUT2D eigenvalue weighted by molar-refractivity contribution is 14.0. The molecule has 0 atom stereocenters. The second-order valence-corrected chi connectivity index (χ2v) is 8.24. The standard InChI is InChI=1S/C25H36N4O2.HI/c1-19-11-13-29(14-12-19)18-21-7-5-20(6-8-21)16-27-25(26-2)28-17-22-9-10-23(30-3)24(15-22)31-4;/h5-10,15,19H,11-14,16-18H2,1-4H3,(H2,26,27,28);1H. The summed E-state index contributed by atoms with van der Waals surface area (Å²) >= 11 is 0. The summed E-state index contributed by atoms with van der Waals surface area (Å²) in [4.78, 5) is 6.89. The van der Waals surface area contributed by atoms with Crippen molar-refractivity contribution in [3.8, 4) is 11.5 Å². The Kier molecular flexibility index (Phi) is 11.1. The van der Waals surface area contributed by atoms with Gasteiger partial charge in [-0.2, -0.15) is 0 Å². The fourth-order valence-corrected chi connectivity index (χ4v) is 3.82. The first kappa shape index (κ1) is 26.3. The van der Waals surface area contributed by atoms with Crippen molar-refractivity contribution >= 4 is 29.9 Å². The average molecular weight is 553 g/mol. The van der Waals surface area contributed by atoms with E-state index in [-0.39, 0.29) is 24.0 Å². The molecule has 6 nitrogen and oxygen atoms in total. The lowest BCUT2D eigenvalue weighted by molar-refractivity contribution is 0.185. The van der Waals surface area contributed by atoms with Crippen LogP contribution in [0.2, 0.25) is 0 Å². The smallest absolute Gasteiger partial charge is 0.191 e. The van der Waals surface area contributed by atoms with E-state index in [0.29, 0.717) is 6.54 Å². The monoisotopic (exact) mass is 552 g/mol. The molecule has 2 aromatic rings. The highest BCUT2D eigenvalue weighted by Crippen LogP contribution is 2.27. The highest BCUT2D eigenvalue weighted by Gasteiger charge is 2.15. The van der Waals surface area contributed by atoms with Crippen molar-refractivity contribution < 1.29 is 9.47 Å². The van der Waals surface area contributed by atoms with Gasteiger partial charge >= 0.3 is 0 Å². The fourth-order valence-electron chi connectivity index (χ4n) is 3.82. The maximum Gasteiger partial charge on any atom is 0.191 e. The molecule has 0 radical (unpaired) electrons. The van der Waals surface area contributed by atoms with Crippen LogP contribution in [0.3, 0.4) is 0 Å². The number of methoxy groups -OCH3 is 2. The van der Waals surface area contributed by atoms with Crippen LogP contribution in [-0.2, 0) is 19.6 Å². The van der Waals surface area contributed by atoms with Crippen molar-refractivity contribution in [2.75, 3.05) is 34.4 Å². The predicted molar refractivity (Wildman–Crippen MR) is 142 cm³/mol. The quantitative estimate of drug-likeness (QED) is 0.289. The molecule has 1 aliphatic heterocycles. The van der Waals surface area contributed by atoms with Gasteiger partial charge in [0.25, 0.3) is 0 Å². The summed E-state index contributed by atoms with van der Waals surface area (Å²) in [5, 5.41) is 6.74. The molecule has 0 aliphatic carbocycles. The molecule has 0 spiro atoms. The first-order valence-corrected chi connectivity index (χ1v) is 11.1. The molecule has 0 amide bonds. The Morgan fingerprint density at radius 1 is 0.906 bits per heavy atom. The molecule has 1 saturated heterocycles. The Hall–Kier alpha value is -2.00. The fraction of sp³-hybridized carbons (Fsp3) is 0.480. The van der Waals surface area contributed by atoms with Gasteiger partial charge in [-0.25, -0.2) is 0 Å². The van der Waals surface area contributed by atoms with Crippen molar-refractivity contribution in [2.24, 2.45) is 10.9 Å². The van der Waals surface area contributed by atoms with E-state index in [1.807, 2.05) is 18.2 Å². The molecule has 0 aromatic heterocycles. The Balaban J connectivity index is 0.00000363.